The molecule has 9 nitrogen and oxygen atoms in total. The number of rotatable bonds is 11. The number of aliphatic hydroxyl groups is 1. The Kier molecular flexibility index (Phi) is 9.52. The highest BCUT2D eigenvalue weighted by molar-refractivity contribution is 5.96. The number of carbonyl (C=O) groups excluding carboxylic acids is 1. The zero-order valence-electron chi connectivity index (χ0n) is 23.4. The summed E-state index contributed by atoms with van der Waals surface area (Å²) in [5.74, 6) is 0.706. The van der Waals surface area contributed by atoms with Gasteiger partial charge in [0.05, 0.1) is 30.0 Å². The fraction of sp³-hybridized carbons (Fsp3) is 0.433. The molecule has 0 aliphatic rings. The molecule has 1 aromatic heterocycles. The van der Waals surface area contributed by atoms with Crippen LogP contribution in [0.15, 0.2) is 53.8 Å². The van der Waals surface area contributed by atoms with E-state index in [2.05, 4.69) is 36.9 Å². The third-order valence-electron chi connectivity index (χ3n) is 6.40. The lowest BCUT2D eigenvalue weighted by Crippen LogP contribution is -2.28. The average molecular weight is 529 g/mol. The van der Waals surface area contributed by atoms with Crippen LogP contribution in [0.3, 0.4) is 0 Å². The number of imidazole rings is 1. The fourth-order valence-electron chi connectivity index (χ4n) is 4.53. The first-order valence-corrected chi connectivity index (χ1v) is 13.0. The third-order valence-corrected chi connectivity index (χ3v) is 6.40. The third kappa shape index (κ3) is 7.70. The molecule has 0 fully saturated rings. The van der Waals surface area contributed by atoms with Gasteiger partial charge in [0, 0.05) is 41.1 Å². The Morgan fingerprint density at radius 2 is 1.92 bits per heavy atom. The second-order valence-electron chi connectivity index (χ2n) is 11.1. The number of ketones is 1. The van der Waals surface area contributed by atoms with Crippen LogP contribution in [0.2, 0.25) is 0 Å². The van der Waals surface area contributed by atoms with E-state index in [1.165, 1.54) is 6.07 Å². The summed E-state index contributed by atoms with van der Waals surface area (Å²) in [7, 11) is 1.99. The van der Waals surface area contributed by atoms with Gasteiger partial charge in [0.1, 0.15) is 17.6 Å². The highest BCUT2D eigenvalue weighted by Gasteiger charge is 2.24. The van der Waals surface area contributed by atoms with Crippen molar-refractivity contribution in [3.63, 3.8) is 0 Å². The number of carbonyl (C=O) groups is 1. The van der Waals surface area contributed by atoms with Crippen LogP contribution in [-0.2, 0) is 18.9 Å². The van der Waals surface area contributed by atoms with Gasteiger partial charge in [0.15, 0.2) is 5.78 Å². The van der Waals surface area contributed by atoms with Crippen molar-refractivity contribution < 1.29 is 14.6 Å². The van der Waals surface area contributed by atoms with Crippen LogP contribution < -0.4 is 4.74 Å². The standard InChI is InChI=1S/C30H36N6O3/c1-19(2)39-28-12-11-22(14-24(28)16-31)26(37)15-23(27(38)17-33-35-32)13-20-7-9-21(10-8-20)25-18-36(6)29(34-25)30(3,4)5/h7-12,14,18-19,23,27,38H,13,15,17H2,1-6H3/t23-,27?/m1/s1. The molecule has 1 heterocycles. The van der Waals surface area contributed by atoms with E-state index in [4.69, 9.17) is 15.3 Å². The first-order chi connectivity index (χ1) is 18.4. The van der Waals surface area contributed by atoms with Gasteiger partial charge in [-0.2, -0.15) is 5.26 Å². The van der Waals surface area contributed by atoms with E-state index in [0.717, 1.165) is 22.6 Å². The van der Waals surface area contributed by atoms with Gasteiger partial charge in [-0.3, -0.25) is 4.79 Å². The maximum atomic E-state index is 13.2. The van der Waals surface area contributed by atoms with Crippen molar-refractivity contribution in [1.29, 1.82) is 5.26 Å². The van der Waals surface area contributed by atoms with E-state index < -0.39 is 12.0 Å². The first-order valence-electron chi connectivity index (χ1n) is 13.0. The molecule has 0 aliphatic heterocycles. The van der Waals surface area contributed by atoms with E-state index in [1.807, 2.05) is 55.9 Å². The molecule has 3 rings (SSSR count). The summed E-state index contributed by atoms with van der Waals surface area (Å²) in [6.07, 6.45) is 1.32. The minimum atomic E-state index is -1.01. The minimum Gasteiger partial charge on any atom is -0.490 e. The molecular formula is C30H36N6O3. The molecule has 0 amide bonds. The predicted octanol–water partition coefficient (Wildman–Crippen LogP) is 6.15. The second-order valence-corrected chi connectivity index (χ2v) is 11.1. The van der Waals surface area contributed by atoms with Crippen molar-refractivity contribution in [3.05, 3.63) is 81.6 Å². The number of hydrogen-bond acceptors (Lipinski definition) is 6. The number of nitriles is 1. The number of aryl methyl sites for hydroxylation is 1. The van der Waals surface area contributed by atoms with Crippen LogP contribution in [0, 0.1) is 17.2 Å². The predicted molar refractivity (Wildman–Crippen MR) is 150 cm³/mol. The molecule has 0 bridgehead atoms. The molecule has 0 radical (unpaired) electrons. The molecule has 0 saturated carbocycles. The van der Waals surface area contributed by atoms with Crippen LogP contribution in [0.1, 0.15) is 68.3 Å². The minimum absolute atomic E-state index is 0.0221. The largest absolute Gasteiger partial charge is 0.490 e. The quantitative estimate of drug-likeness (QED) is 0.138. The van der Waals surface area contributed by atoms with Gasteiger partial charge in [0.25, 0.3) is 0 Å². The molecule has 0 aliphatic carbocycles. The maximum absolute atomic E-state index is 13.2. The summed E-state index contributed by atoms with van der Waals surface area (Å²) in [6, 6.07) is 14.7. The molecule has 3 aromatic rings. The van der Waals surface area contributed by atoms with Gasteiger partial charge < -0.3 is 14.4 Å². The number of benzene rings is 2. The Morgan fingerprint density at radius 3 is 2.49 bits per heavy atom. The van der Waals surface area contributed by atoms with Crippen molar-refractivity contribution in [2.75, 3.05) is 6.54 Å². The molecule has 2 aromatic carbocycles. The normalized spacial score (nSPS) is 12.9. The monoisotopic (exact) mass is 528 g/mol. The van der Waals surface area contributed by atoms with E-state index in [0.29, 0.717) is 17.7 Å². The summed E-state index contributed by atoms with van der Waals surface area (Å²) in [6.45, 7) is 9.96. The van der Waals surface area contributed by atoms with Crippen molar-refractivity contribution >= 4 is 5.78 Å². The Bertz CT molecular complexity index is 1390. The van der Waals surface area contributed by atoms with Gasteiger partial charge in [0.2, 0.25) is 0 Å². The zero-order valence-corrected chi connectivity index (χ0v) is 23.4. The highest BCUT2D eigenvalue weighted by atomic mass is 16.5. The number of nitrogens with zero attached hydrogens (tertiary/aromatic N) is 6. The summed E-state index contributed by atoms with van der Waals surface area (Å²) in [5, 5.41) is 23.8. The van der Waals surface area contributed by atoms with Gasteiger partial charge in [-0.15, -0.1) is 0 Å². The molecule has 39 heavy (non-hydrogen) atoms. The number of Topliss-reactive ketones (excluding diaryl/α,β-unsaturated/α-hetero) is 1. The number of hydrogen-bond donors (Lipinski definition) is 1. The molecule has 1 unspecified atom stereocenters. The number of azide groups is 1. The highest BCUT2D eigenvalue weighted by Crippen LogP contribution is 2.28. The maximum Gasteiger partial charge on any atom is 0.163 e. The van der Waals surface area contributed by atoms with E-state index in [9.17, 15) is 15.2 Å². The Balaban J connectivity index is 1.81. The van der Waals surface area contributed by atoms with Gasteiger partial charge >= 0.3 is 0 Å². The van der Waals surface area contributed by atoms with Crippen LogP contribution in [0.25, 0.3) is 21.7 Å². The average Bonchev–Trinajstić information content (AvgIpc) is 3.29. The lowest BCUT2D eigenvalue weighted by Gasteiger charge is -2.22. The molecule has 0 spiro atoms. The van der Waals surface area contributed by atoms with Crippen molar-refractivity contribution in [2.24, 2.45) is 18.1 Å². The SMILES string of the molecule is CC(C)Oc1ccc(C(=O)C[C@@H](Cc2ccc(-c3cn(C)c(C(C)(C)C)n3)cc2)C(O)CN=[N+]=[N-])cc1C#N. The topological polar surface area (TPSA) is 137 Å². The van der Waals surface area contributed by atoms with E-state index in [-0.39, 0.29) is 35.8 Å². The molecule has 2 atom stereocenters. The van der Waals surface area contributed by atoms with Crippen LogP contribution in [0.5, 0.6) is 5.75 Å². The summed E-state index contributed by atoms with van der Waals surface area (Å²) >= 11 is 0. The van der Waals surface area contributed by atoms with Crippen LogP contribution in [-0.4, -0.2) is 39.2 Å². The second kappa shape index (κ2) is 12.6. The molecule has 0 saturated heterocycles. The summed E-state index contributed by atoms with van der Waals surface area (Å²) in [5.41, 5.74) is 12.1. The van der Waals surface area contributed by atoms with E-state index >= 15 is 0 Å². The molecule has 9 heteroatoms. The fourth-order valence-corrected chi connectivity index (χ4v) is 4.53. The van der Waals surface area contributed by atoms with Crippen molar-refractivity contribution in [1.82, 2.24) is 9.55 Å². The molecule has 1 N–H and O–H groups in total. The lowest BCUT2D eigenvalue weighted by atomic mass is 9.87. The van der Waals surface area contributed by atoms with Crippen LogP contribution in [0.4, 0.5) is 0 Å². The first kappa shape index (κ1) is 29.4. The summed E-state index contributed by atoms with van der Waals surface area (Å²) in [4.78, 5) is 20.8. The molecular weight excluding hydrogens is 492 g/mol. The van der Waals surface area contributed by atoms with Crippen LogP contribution >= 0.6 is 0 Å². The molecule has 204 valence electrons. The number of aromatic nitrogens is 2. The Morgan fingerprint density at radius 1 is 1.23 bits per heavy atom. The van der Waals surface area contributed by atoms with Gasteiger partial charge in [-0.1, -0.05) is 50.2 Å². The van der Waals surface area contributed by atoms with E-state index in [1.54, 1.807) is 12.1 Å². The van der Waals surface area contributed by atoms with Crippen molar-refractivity contribution in [3.8, 4) is 23.1 Å². The number of ether oxygens (including phenoxy) is 1. The lowest BCUT2D eigenvalue weighted by molar-refractivity contribution is 0.0816. The number of aliphatic hydroxyl groups excluding tert-OH is 1. The summed E-state index contributed by atoms with van der Waals surface area (Å²) < 4.78 is 7.69. The Labute approximate surface area is 229 Å². The van der Waals surface area contributed by atoms with Gasteiger partial charge in [-0.25, -0.2) is 4.98 Å². The van der Waals surface area contributed by atoms with Crippen molar-refractivity contribution in [2.45, 2.75) is 65.1 Å². The Hall–Kier alpha value is -4.12. The van der Waals surface area contributed by atoms with Gasteiger partial charge in [-0.05, 0) is 55.5 Å². The smallest absolute Gasteiger partial charge is 0.163 e. The zero-order chi connectivity index (χ0) is 28.7.